The average molecular weight is 303 g/mol. The van der Waals surface area contributed by atoms with Gasteiger partial charge in [-0.1, -0.05) is 12.1 Å². The van der Waals surface area contributed by atoms with Gasteiger partial charge in [0, 0.05) is 0 Å². The van der Waals surface area contributed by atoms with E-state index in [0.717, 1.165) is 18.2 Å². The summed E-state index contributed by atoms with van der Waals surface area (Å²) < 4.78 is 37.8. The number of benzene rings is 1. The third kappa shape index (κ3) is 4.54. The maximum absolute atomic E-state index is 12.6. The SMILES string of the molecule is CC(C)(N)C(=O)NC(=O)C(N)c1cccc(C(F)(F)F)c1. The summed E-state index contributed by atoms with van der Waals surface area (Å²) in [5.74, 6) is -1.69. The Balaban J connectivity index is 2.91. The first-order valence-corrected chi connectivity index (χ1v) is 6.00. The summed E-state index contributed by atoms with van der Waals surface area (Å²) in [6, 6.07) is 2.64. The van der Waals surface area contributed by atoms with Crippen LogP contribution >= 0.6 is 0 Å². The van der Waals surface area contributed by atoms with Crippen molar-refractivity contribution >= 4 is 11.8 Å². The van der Waals surface area contributed by atoms with Crippen LogP contribution in [-0.2, 0) is 15.8 Å². The van der Waals surface area contributed by atoms with Crippen molar-refractivity contribution < 1.29 is 22.8 Å². The molecule has 0 radical (unpaired) electrons. The molecular formula is C13H16F3N3O2. The lowest BCUT2D eigenvalue weighted by atomic mass is 10.0. The summed E-state index contributed by atoms with van der Waals surface area (Å²) in [7, 11) is 0. The van der Waals surface area contributed by atoms with E-state index in [2.05, 4.69) is 0 Å². The minimum Gasteiger partial charge on any atom is -0.318 e. The molecule has 0 aliphatic heterocycles. The highest BCUT2D eigenvalue weighted by Gasteiger charge is 2.32. The van der Waals surface area contributed by atoms with Gasteiger partial charge in [0.05, 0.1) is 11.1 Å². The molecule has 1 unspecified atom stereocenters. The Kier molecular flexibility index (Phi) is 4.75. The molecule has 0 aliphatic rings. The van der Waals surface area contributed by atoms with Crippen molar-refractivity contribution in [3.05, 3.63) is 35.4 Å². The second-order valence-corrected chi connectivity index (χ2v) is 5.14. The van der Waals surface area contributed by atoms with E-state index in [1.165, 1.54) is 19.9 Å². The van der Waals surface area contributed by atoms with Gasteiger partial charge in [0.1, 0.15) is 6.04 Å². The Morgan fingerprint density at radius 1 is 1.24 bits per heavy atom. The van der Waals surface area contributed by atoms with Crippen molar-refractivity contribution in [1.29, 1.82) is 0 Å². The summed E-state index contributed by atoms with van der Waals surface area (Å²) in [6.07, 6.45) is -4.54. The van der Waals surface area contributed by atoms with Crippen molar-refractivity contribution in [3.8, 4) is 0 Å². The largest absolute Gasteiger partial charge is 0.416 e. The first-order chi connectivity index (χ1) is 9.43. The molecule has 21 heavy (non-hydrogen) atoms. The molecule has 8 heteroatoms. The molecule has 116 valence electrons. The number of nitrogens with two attached hydrogens (primary N) is 2. The predicted octanol–water partition coefficient (Wildman–Crippen LogP) is 1.09. The molecule has 0 spiro atoms. The Labute approximate surface area is 119 Å². The van der Waals surface area contributed by atoms with Gasteiger partial charge in [-0.25, -0.2) is 0 Å². The average Bonchev–Trinajstić information content (AvgIpc) is 2.35. The lowest BCUT2D eigenvalue weighted by Crippen LogP contribution is -2.52. The monoisotopic (exact) mass is 303 g/mol. The fraction of sp³-hybridized carbons (Fsp3) is 0.385. The van der Waals surface area contributed by atoms with E-state index >= 15 is 0 Å². The number of amides is 2. The topological polar surface area (TPSA) is 98.2 Å². The van der Waals surface area contributed by atoms with Crippen LogP contribution in [0.3, 0.4) is 0 Å². The van der Waals surface area contributed by atoms with Crippen molar-refractivity contribution in [2.75, 3.05) is 0 Å². The van der Waals surface area contributed by atoms with Crippen LogP contribution in [0.15, 0.2) is 24.3 Å². The number of carbonyl (C=O) groups is 2. The van der Waals surface area contributed by atoms with E-state index < -0.39 is 35.1 Å². The molecule has 2 amide bonds. The molecule has 0 heterocycles. The number of carbonyl (C=O) groups excluding carboxylic acids is 2. The van der Waals surface area contributed by atoms with Crippen LogP contribution in [0, 0.1) is 0 Å². The number of imide groups is 1. The van der Waals surface area contributed by atoms with Gasteiger partial charge in [-0.2, -0.15) is 13.2 Å². The Bertz CT molecular complexity index is 550. The standard InChI is InChI=1S/C13H16F3N3O2/c1-12(2,18)11(21)19-10(20)9(17)7-4-3-5-8(6-7)13(14,15)16/h3-6,9H,17-18H2,1-2H3,(H,19,20,21). The van der Waals surface area contributed by atoms with E-state index in [1.54, 1.807) is 0 Å². The lowest BCUT2D eigenvalue weighted by Gasteiger charge is -2.19. The molecule has 1 aromatic carbocycles. The molecule has 5 N–H and O–H groups in total. The van der Waals surface area contributed by atoms with E-state index in [-0.39, 0.29) is 5.56 Å². The highest BCUT2D eigenvalue weighted by Crippen LogP contribution is 2.30. The lowest BCUT2D eigenvalue weighted by molar-refractivity contribution is -0.138. The number of hydrogen-bond donors (Lipinski definition) is 3. The van der Waals surface area contributed by atoms with Gasteiger partial charge in [-0.3, -0.25) is 14.9 Å². The minimum absolute atomic E-state index is 0.0510. The predicted molar refractivity (Wildman–Crippen MR) is 69.8 cm³/mol. The maximum atomic E-state index is 12.6. The summed E-state index contributed by atoms with van der Waals surface area (Å²) in [4.78, 5) is 23.3. The molecule has 0 aliphatic carbocycles. The third-order valence-electron chi connectivity index (χ3n) is 2.68. The van der Waals surface area contributed by atoms with Gasteiger partial charge in [-0.05, 0) is 31.5 Å². The zero-order valence-electron chi connectivity index (χ0n) is 11.5. The van der Waals surface area contributed by atoms with Crippen molar-refractivity contribution in [2.45, 2.75) is 31.6 Å². The van der Waals surface area contributed by atoms with Crippen molar-refractivity contribution in [3.63, 3.8) is 0 Å². The van der Waals surface area contributed by atoms with Crippen molar-refractivity contribution in [2.24, 2.45) is 11.5 Å². The fourth-order valence-corrected chi connectivity index (χ4v) is 1.41. The van der Waals surface area contributed by atoms with Crippen LogP contribution < -0.4 is 16.8 Å². The molecule has 0 aromatic heterocycles. The first kappa shape index (κ1) is 17.1. The summed E-state index contributed by atoms with van der Waals surface area (Å²) >= 11 is 0. The van der Waals surface area contributed by atoms with Crippen LogP contribution in [0.4, 0.5) is 13.2 Å². The molecule has 5 nitrogen and oxygen atoms in total. The van der Waals surface area contributed by atoms with Crippen molar-refractivity contribution in [1.82, 2.24) is 5.32 Å². The molecule has 0 saturated carbocycles. The normalized spacial score (nSPS) is 13.7. The molecule has 0 fully saturated rings. The molecule has 1 aromatic rings. The number of alkyl halides is 3. The Morgan fingerprint density at radius 2 is 1.81 bits per heavy atom. The molecular weight excluding hydrogens is 287 g/mol. The van der Waals surface area contributed by atoms with Crippen LogP contribution in [0.5, 0.6) is 0 Å². The van der Waals surface area contributed by atoms with Crippen LogP contribution in [-0.4, -0.2) is 17.4 Å². The molecule has 1 rings (SSSR count). The highest BCUT2D eigenvalue weighted by atomic mass is 19.4. The van der Waals surface area contributed by atoms with Crippen LogP contribution in [0.2, 0.25) is 0 Å². The summed E-state index contributed by atoms with van der Waals surface area (Å²) in [5, 5.41) is 1.97. The smallest absolute Gasteiger partial charge is 0.318 e. The first-order valence-electron chi connectivity index (χ1n) is 6.00. The molecule has 1 atom stereocenters. The highest BCUT2D eigenvalue weighted by molar-refractivity contribution is 6.01. The van der Waals surface area contributed by atoms with E-state index in [0.29, 0.717) is 0 Å². The van der Waals surface area contributed by atoms with Gasteiger partial charge >= 0.3 is 6.18 Å². The minimum atomic E-state index is -4.54. The molecule has 0 bridgehead atoms. The fourth-order valence-electron chi connectivity index (χ4n) is 1.41. The molecule has 0 saturated heterocycles. The van der Waals surface area contributed by atoms with Crippen LogP contribution in [0.1, 0.15) is 31.0 Å². The maximum Gasteiger partial charge on any atom is 0.416 e. The van der Waals surface area contributed by atoms with E-state index in [9.17, 15) is 22.8 Å². The number of nitrogens with one attached hydrogen (secondary N) is 1. The number of hydrogen-bond acceptors (Lipinski definition) is 4. The quantitative estimate of drug-likeness (QED) is 0.778. The van der Waals surface area contributed by atoms with Gasteiger partial charge in [0.25, 0.3) is 0 Å². The number of rotatable bonds is 3. The zero-order valence-corrected chi connectivity index (χ0v) is 11.5. The summed E-state index contributed by atoms with van der Waals surface area (Å²) in [5.41, 5.74) is 8.79. The van der Waals surface area contributed by atoms with Gasteiger partial charge < -0.3 is 11.5 Å². The summed E-state index contributed by atoms with van der Waals surface area (Å²) in [6.45, 7) is 2.76. The second-order valence-electron chi connectivity index (χ2n) is 5.14. The van der Waals surface area contributed by atoms with Gasteiger partial charge in [-0.15, -0.1) is 0 Å². The Morgan fingerprint density at radius 3 is 2.29 bits per heavy atom. The third-order valence-corrected chi connectivity index (χ3v) is 2.68. The van der Waals surface area contributed by atoms with E-state index in [1.807, 2.05) is 5.32 Å². The van der Waals surface area contributed by atoms with Gasteiger partial charge in [0.2, 0.25) is 11.8 Å². The zero-order chi connectivity index (χ0) is 16.4. The van der Waals surface area contributed by atoms with E-state index in [4.69, 9.17) is 11.5 Å². The Hall–Kier alpha value is -1.93. The second kappa shape index (κ2) is 5.82. The van der Waals surface area contributed by atoms with Crippen LogP contribution in [0.25, 0.3) is 0 Å². The number of halogens is 3. The van der Waals surface area contributed by atoms with Gasteiger partial charge in [0.15, 0.2) is 0 Å².